The normalized spacial score (nSPS) is 14.9. The van der Waals surface area contributed by atoms with E-state index in [2.05, 4.69) is 25.6 Å². The second-order valence-electron chi connectivity index (χ2n) is 8.85. The van der Waals surface area contributed by atoms with Gasteiger partial charge in [-0.05, 0) is 43.3 Å². The van der Waals surface area contributed by atoms with E-state index in [9.17, 15) is 14.0 Å². The Hall–Kier alpha value is -4.38. The number of anilines is 2. The van der Waals surface area contributed by atoms with Crippen molar-refractivity contribution in [1.29, 1.82) is 0 Å². The second-order valence-corrected chi connectivity index (χ2v) is 8.85. The average Bonchev–Trinajstić information content (AvgIpc) is 3.28. The Labute approximate surface area is 213 Å². The number of nitrogens with one attached hydrogen (secondary N) is 2. The summed E-state index contributed by atoms with van der Waals surface area (Å²) >= 11 is 0. The zero-order valence-electron chi connectivity index (χ0n) is 20.3. The molecule has 2 N–H and O–H groups in total. The van der Waals surface area contributed by atoms with E-state index in [0.717, 1.165) is 5.56 Å². The van der Waals surface area contributed by atoms with Gasteiger partial charge in [-0.15, -0.1) is 0 Å². The molecule has 1 saturated heterocycles. The summed E-state index contributed by atoms with van der Waals surface area (Å²) in [6.07, 6.45) is 6.67. The maximum absolute atomic E-state index is 13.5. The number of pyridine rings is 1. The SMILES string of the molecule is CC(Nc1c(-c2ccc(F)cc2)nc2cnccn12)C(=O)N1CCN(CC(=O)Nc2ccccn2)CC1. The van der Waals surface area contributed by atoms with Crippen molar-refractivity contribution in [2.24, 2.45) is 0 Å². The van der Waals surface area contributed by atoms with Crippen molar-refractivity contribution in [3.05, 3.63) is 73.1 Å². The average molecular weight is 503 g/mol. The Kier molecular flexibility index (Phi) is 7.04. The number of amides is 2. The third kappa shape index (κ3) is 5.56. The van der Waals surface area contributed by atoms with Crippen LogP contribution >= 0.6 is 0 Å². The highest BCUT2D eigenvalue weighted by Crippen LogP contribution is 2.29. The van der Waals surface area contributed by atoms with Crippen LogP contribution in [0.4, 0.5) is 16.0 Å². The van der Waals surface area contributed by atoms with Crippen molar-refractivity contribution in [2.45, 2.75) is 13.0 Å². The summed E-state index contributed by atoms with van der Waals surface area (Å²) in [4.78, 5) is 42.3. The molecule has 1 aliphatic heterocycles. The third-order valence-corrected chi connectivity index (χ3v) is 6.26. The Bertz CT molecular complexity index is 1380. The predicted octanol–water partition coefficient (Wildman–Crippen LogP) is 2.51. The molecule has 1 atom stereocenters. The maximum atomic E-state index is 13.5. The molecule has 0 saturated carbocycles. The Morgan fingerprint density at radius 2 is 1.84 bits per heavy atom. The highest BCUT2D eigenvalue weighted by atomic mass is 19.1. The van der Waals surface area contributed by atoms with E-state index < -0.39 is 6.04 Å². The van der Waals surface area contributed by atoms with Crippen LogP contribution in [0.2, 0.25) is 0 Å². The molecule has 37 heavy (non-hydrogen) atoms. The molecule has 2 amide bonds. The summed E-state index contributed by atoms with van der Waals surface area (Å²) in [6, 6.07) is 10.9. The van der Waals surface area contributed by atoms with Crippen LogP contribution in [0.1, 0.15) is 6.92 Å². The molecule has 1 unspecified atom stereocenters. The van der Waals surface area contributed by atoms with Crippen LogP contribution in [-0.4, -0.2) is 79.7 Å². The molecule has 5 rings (SSSR count). The molecule has 1 fully saturated rings. The number of hydrogen-bond donors (Lipinski definition) is 2. The van der Waals surface area contributed by atoms with Crippen molar-refractivity contribution in [3.63, 3.8) is 0 Å². The lowest BCUT2D eigenvalue weighted by Gasteiger charge is -2.35. The van der Waals surface area contributed by atoms with E-state index >= 15 is 0 Å². The third-order valence-electron chi connectivity index (χ3n) is 6.26. The van der Waals surface area contributed by atoms with Gasteiger partial charge in [0.15, 0.2) is 5.65 Å². The summed E-state index contributed by atoms with van der Waals surface area (Å²) < 4.78 is 15.3. The van der Waals surface area contributed by atoms with E-state index in [1.165, 1.54) is 12.1 Å². The van der Waals surface area contributed by atoms with Gasteiger partial charge in [0.05, 0.1) is 12.7 Å². The number of hydrogen-bond acceptors (Lipinski definition) is 7. The van der Waals surface area contributed by atoms with Crippen LogP contribution in [-0.2, 0) is 9.59 Å². The zero-order chi connectivity index (χ0) is 25.8. The highest BCUT2D eigenvalue weighted by Gasteiger charge is 2.27. The first-order valence-corrected chi connectivity index (χ1v) is 12.0. The fourth-order valence-electron chi connectivity index (χ4n) is 4.34. The number of fused-ring (bicyclic) bond motifs is 1. The minimum Gasteiger partial charge on any atom is -0.358 e. The van der Waals surface area contributed by atoms with Crippen LogP contribution in [0.3, 0.4) is 0 Å². The summed E-state index contributed by atoms with van der Waals surface area (Å²) in [6.45, 7) is 4.27. The van der Waals surface area contributed by atoms with Crippen LogP contribution in [0, 0.1) is 5.82 Å². The minimum absolute atomic E-state index is 0.0494. The van der Waals surface area contributed by atoms with Crippen molar-refractivity contribution in [3.8, 4) is 11.3 Å². The lowest BCUT2D eigenvalue weighted by molar-refractivity contribution is -0.133. The standard InChI is InChI=1S/C26H27FN8O2/c1-18(26(37)34-14-12-33(13-15-34)17-23(36)31-21-4-2-3-9-29-21)30-25-24(19-5-7-20(27)8-6-19)32-22-16-28-10-11-35(22)25/h2-11,16,18,30H,12-15,17H2,1H3,(H,29,31,36). The molecule has 0 radical (unpaired) electrons. The number of carbonyl (C=O) groups is 2. The number of piperazine rings is 1. The molecule has 0 spiro atoms. The van der Waals surface area contributed by atoms with Gasteiger partial charge in [-0.2, -0.15) is 0 Å². The molecule has 1 aliphatic rings. The van der Waals surface area contributed by atoms with Gasteiger partial charge < -0.3 is 15.5 Å². The van der Waals surface area contributed by atoms with Gasteiger partial charge in [0, 0.05) is 50.3 Å². The smallest absolute Gasteiger partial charge is 0.244 e. The van der Waals surface area contributed by atoms with Crippen molar-refractivity contribution >= 4 is 29.1 Å². The largest absolute Gasteiger partial charge is 0.358 e. The predicted molar refractivity (Wildman–Crippen MR) is 137 cm³/mol. The first kappa shape index (κ1) is 24.3. The minimum atomic E-state index is -0.536. The Balaban J connectivity index is 1.22. The highest BCUT2D eigenvalue weighted by molar-refractivity contribution is 5.91. The van der Waals surface area contributed by atoms with Gasteiger partial charge in [-0.25, -0.2) is 14.4 Å². The second kappa shape index (κ2) is 10.7. The molecule has 1 aromatic carbocycles. The van der Waals surface area contributed by atoms with Crippen LogP contribution in [0.5, 0.6) is 0 Å². The number of nitrogens with zero attached hydrogens (tertiary/aromatic N) is 6. The number of benzene rings is 1. The van der Waals surface area contributed by atoms with Crippen LogP contribution in [0.25, 0.3) is 16.9 Å². The molecular weight excluding hydrogens is 475 g/mol. The van der Waals surface area contributed by atoms with Crippen LogP contribution < -0.4 is 10.6 Å². The van der Waals surface area contributed by atoms with Gasteiger partial charge in [-0.3, -0.25) is 23.9 Å². The summed E-state index contributed by atoms with van der Waals surface area (Å²) in [5.74, 6) is 0.634. The maximum Gasteiger partial charge on any atom is 0.244 e. The summed E-state index contributed by atoms with van der Waals surface area (Å²) in [7, 11) is 0. The number of carbonyl (C=O) groups excluding carboxylic acids is 2. The van der Waals surface area contributed by atoms with Gasteiger partial charge in [-0.1, -0.05) is 6.07 Å². The number of rotatable bonds is 7. The number of aromatic nitrogens is 4. The molecule has 0 bridgehead atoms. The summed E-state index contributed by atoms with van der Waals surface area (Å²) in [5.41, 5.74) is 1.95. The van der Waals surface area contributed by atoms with Crippen LogP contribution in [0.15, 0.2) is 67.3 Å². The molecule has 0 aliphatic carbocycles. The fourth-order valence-corrected chi connectivity index (χ4v) is 4.34. The molecule has 190 valence electrons. The quantitative estimate of drug-likeness (QED) is 0.400. The van der Waals surface area contributed by atoms with E-state index in [1.54, 1.807) is 54.0 Å². The number of imidazole rings is 1. The molecule has 3 aromatic heterocycles. The molecular formula is C26H27FN8O2. The number of halogens is 1. The molecule has 4 heterocycles. The zero-order valence-corrected chi connectivity index (χ0v) is 20.3. The van der Waals surface area contributed by atoms with E-state index in [1.807, 2.05) is 22.3 Å². The summed E-state index contributed by atoms with van der Waals surface area (Å²) in [5, 5.41) is 6.10. The van der Waals surface area contributed by atoms with Gasteiger partial charge in [0.2, 0.25) is 11.8 Å². The van der Waals surface area contributed by atoms with E-state index in [0.29, 0.717) is 49.2 Å². The Morgan fingerprint density at radius 3 is 2.57 bits per heavy atom. The van der Waals surface area contributed by atoms with Crippen molar-refractivity contribution in [1.82, 2.24) is 29.2 Å². The van der Waals surface area contributed by atoms with Crippen molar-refractivity contribution < 1.29 is 14.0 Å². The monoisotopic (exact) mass is 502 g/mol. The van der Waals surface area contributed by atoms with Gasteiger partial charge >= 0.3 is 0 Å². The lowest BCUT2D eigenvalue weighted by Crippen LogP contribution is -2.53. The molecule has 11 heteroatoms. The Morgan fingerprint density at radius 1 is 1.05 bits per heavy atom. The topological polar surface area (TPSA) is 108 Å². The van der Waals surface area contributed by atoms with E-state index in [4.69, 9.17) is 0 Å². The van der Waals surface area contributed by atoms with Crippen molar-refractivity contribution in [2.75, 3.05) is 43.4 Å². The first-order valence-electron chi connectivity index (χ1n) is 12.0. The van der Waals surface area contributed by atoms with Gasteiger partial charge in [0.1, 0.15) is 29.2 Å². The molecule has 10 nitrogen and oxygen atoms in total. The fraction of sp³-hybridized carbons (Fsp3) is 0.269. The molecule has 4 aromatic rings. The van der Waals surface area contributed by atoms with E-state index in [-0.39, 0.29) is 24.2 Å². The van der Waals surface area contributed by atoms with Gasteiger partial charge in [0.25, 0.3) is 0 Å². The first-order chi connectivity index (χ1) is 18.0. The lowest BCUT2D eigenvalue weighted by atomic mass is 10.1.